The number of carbonyl (C=O) groups excluding carboxylic acids is 1. The third-order valence-electron chi connectivity index (χ3n) is 2.00. The van der Waals surface area contributed by atoms with Crippen LogP contribution in [0.5, 0.6) is 0 Å². The Bertz CT molecular complexity index is 367. The van der Waals surface area contributed by atoms with Crippen molar-refractivity contribution in [1.29, 1.82) is 0 Å². The largest absolute Gasteiger partial charge is 0.469 e. The topological polar surface area (TPSA) is 75.1 Å². The molecule has 0 aliphatic heterocycles. The minimum atomic E-state index is -0.690. The van der Waals surface area contributed by atoms with Gasteiger partial charge in [0.25, 0.3) is 0 Å². The summed E-state index contributed by atoms with van der Waals surface area (Å²) in [6.45, 7) is 5.48. The maximum atomic E-state index is 11.0. The normalized spacial score (nSPS) is 11.0. The first-order chi connectivity index (χ1) is 8.08. The molecule has 0 aliphatic carbocycles. The molecule has 92 valence electrons. The van der Waals surface area contributed by atoms with Gasteiger partial charge in [0, 0.05) is 4.91 Å². The summed E-state index contributed by atoms with van der Waals surface area (Å²) in [5.74, 6) is 6.63. The van der Waals surface area contributed by atoms with E-state index in [0.717, 1.165) is 6.42 Å². The van der Waals surface area contributed by atoms with Crippen molar-refractivity contribution in [2.45, 2.75) is 33.2 Å². The van der Waals surface area contributed by atoms with E-state index in [0.29, 0.717) is 0 Å². The summed E-state index contributed by atoms with van der Waals surface area (Å²) in [5.41, 5.74) is 8.18. The van der Waals surface area contributed by atoms with Crippen molar-refractivity contribution in [3.05, 3.63) is 10.4 Å². The molecule has 0 radical (unpaired) electrons. The molecule has 0 aromatic rings. The quantitative estimate of drug-likeness (QED) is 0.247. The number of terminal acetylenes is 1. The first kappa shape index (κ1) is 17.3. The molecule has 0 spiro atoms. The molecule has 0 saturated carbocycles. The zero-order valence-corrected chi connectivity index (χ0v) is 10.6. The fourth-order valence-electron chi connectivity index (χ4n) is 0.865. The minimum absolute atomic E-state index is 0.0216. The lowest BCUT2D eigenvalue weighted by Crippen LogP contribution is -2.26. The summed E-state index contributed by atoms with van der Waals surface area (Å²) in [7, 11) is 1.28. The highest BCUT2D eigenvalue weighted by atomic mass is 16.5. The summed E-state index contributed by atoms with van der Waals surface area (Å²) in [4.78, 5) is 13.6. The number of azide groups is 1. The Kier molecular flexibility index (Phi) is 12.2. The lowest BCUT2D eigenvalue weighted by atomic mass is 10.0. The Morgan fingerprint density at radius 2 is 2.24 bits per heavy atom. The van der Waals surface area contributed by atoms with Gasteiger partial charge >= 0.3 is 5.97 Å². The number of methoxy groups -OCH3 is 1. The van der Waals surface area contributed by atoms with Gasteiger partial charge < -0.3 is 4.74 Å². The number of carbonyl (C=O) groups is 1. The third-order valence-corrected chi connectivity index (χ3v) is 2.00. The van der Waals surface area contributed by atoms with Gasteiger partial charge in [-0.1, -0.05) is 31.3 Å². The summed E-state index contributed by atoms with van der Waals surface area (Å²) in [6.07, 6.45) is 5.49. The lowest BCUT2D eigenvalue weighted by molar-refractivity contribution is -0.143. The van der Waals surface area contributed by atoms with Gasteiger partial charge in [0.2, 0.25) is 0 Å². The van der Waals surface area contributed by atoms with Crippen molar-refractivity contribution in [3.63, 3.8) is 0 Å². The van der Waals surface area contributed by atoms with Gasteiger partial charge in [-0.2, -0.15) is 0 Å². The predicted molar refractivity (Wildman–Crippen MR) is 66.7 cm³/mol. The molecule has 17 heavy (non-hydrogen) atoms. The molecule has 0 rings (SSSR count). The first-order valence-corrected chi connectivity index (χ1v) is 5.08. The van der Waals surface area contributed by atoms with Crippen LogP contribution in [0, 0.1) is 30.1 Å². The zero-order chi connectivity index (χ0) is 13.7. The first-order valence-electron chi connectivity index (χ1n) is 5.08. The van der Waals surface area contributed by atoms with Crippen LogP contribution in [0.25, 0.3) is 10.4 Å². The fourth-order valence-corrected chi connectivity index (χ4v) is 0.865. The van der Waals surface area contributed by atoms with E-state index in [4.69, 9.17) is 12.0 Å². The van der Waals surface area contributed by atoms with Crippen LogP contribution in [-0.2, 0) is 9.53 Å². The molecule has 0 saturated heterocycles. The summed E-state index contributed by atoms with van der Waals surface area (Å²) < 4.78 is 4.48. The van der Waals surface area contributed by atoms with Crippen molar-refractivity contribution in [2.24, 2.45) is 11.0 Å². The van der Waals surface area contributed by atoms with E-state index >= 15 is 0 Å². The van der Waals surface area contributed by atoms with Crippen molar-refractivity contribution in [3.8, 4) is 24.2 Å². The Hall–Kier alpha value is -2.10. The molecule has 0 N–H and O–H groups in total. The van der Waals surface area contributed by atoms with E-state index in [-0.39, 0.29) is 5.92 Å². The zero-order valence-electron chi connectivity index (χ0n) is 10.6. The molecular weight excluding hydrogens is 218 g/mol. The Balaban J connectivity index is 0. The molecule has 2 atom stereocenters. The van der Waals surface area contributed by atoms with Gasteiger partial charge in [-0.3, -0.25) is 4.79 Å². The minimum Gasteiger partial charge on any atom is -0.469 e. The summed E-state index contributed by atoms with van der Waals surface area (Å²) >= 11 is 0. The summed E-state index contributed by atoms with van der Waals surface area (Å²) in [5, 5.41) is 3.37. The van der Waals surface area contributed by atoms with E-state index in [1.165, 1.54) is 7.11 Å². The van der Waals surface area contributed by atoms with Gasteiger partial charge in [0.05, 0.1) is 7.11 Å². The molecule has 0 aromatic carbocycles. The standard InChI is InChI=1S/C7H13N3O2.C5H4/c1-4-5(2)6(9-10-8)7(11)12-3;1-3-5-4-2/h5-6H,4H2,1-3H3;1H,2H3/t5-,6-;/m0./s1. The van der Waals surface area contributed by atoms with Crippen molar-refractivity contribution in [1.82, 2.24) is 0 Å². The van der Waals surface area contributed by atoms with Crippen LogP contribution in [0.15, 0.2) is 5.11 Å². The third kappa shape index (κ3) is 8.87. The highest BCUT2D eigenvalue weighted by Gasteiger charge is 2.22. The number of ether oxygens (including phenoxy) is 1. The molecular formula is C12H17N3O2. The second kappa shape index (κ2) is 12.0. The van der Waals surface area contributed by atoms with Gasteiger partial charge in [-0.05, 0) is 30.2 Å². The van der Waals surface area contributed by atoms with Crippen LogP contribution in [0.2, 0.25) is 0 Å². The predicted octanol–water partition coefficient (Wildman–Crippen LogP) is 2.53. The molecule has 0 heterocycles. The Labute approximate surface area is 102 Å². The maximum Gasteiger partial charge on any atom is 0.314 e. The van der Waals surface area contributed by atoms with E-state index in [1.807, 2.05) is 13.8 Å². The smallest absolute Gasteiger partial charge is 0.314 e. The lowest BCUT2D eigenvalue weighted by Gasteiger charge is -2.14. The number of nitrogens with zero attached hydrogens (tertiary/aromatic N) is 3. The van der Waals surface area contributed by atoms with Gasteiger partial charge in [0.15, 0.2) is 0 Å². The van der Waals surface area contributed by atoms with Crippen LogP contribution < -0.4 is 0 Å². The molecule has 0 fully saturated rings. The molecule has 0 bridgehead atoms. The number of hydrogen-bond acceptors (Lipinski definition) is 3. The van der Waals surface area contributed by atoms with E-state index in [2.05, 4.69) is 32.5 Å². The van der Waals surface area contributed by atoms with Crippen molar-refractivity contribution in [2.75, 3.05) is 7.11 Å². The van der Waals surface area contributed by atoms with Crippen LogP contribution in [0.3, 0.4) is 0 Å². The van der Waals surface area contributed by atoms with E-state index < -0.39 is 12.0 Å². The second-order valence-electron chi connectivity index (χ2n) is 3.08. The molecule has 0 amide bonds. The van der Waals surface area contributed by atoms with Crippen LogP contribution >= 0.6 is 0 Å². The number of rotatable bonds is 4. The highest BCUT2D eigenvalue weighted by Crippen LogP contribution is 2.12. The van der Waals surface area contributed by atoms with Crippen molar-refractivity contribution < 1.29 is 9.53 Å². The van der Waals surface area contributed by atoms with Gasteiger partial charge in [-0.15, -0.1) is 6.42 Å². The van der Waals surface area contributed by atoms with Gasteiger partial charge in [0.1, 0.15) is 6.04 Å². The Morgan fingerprint density at radius 3 is 2.47 bits per heavy atom. The molecule has 0 aromatic heterocycles. The average molecular weight is 235 g/mol. The van der Waals surface area contributed by atoms with Crippen molar-refractivity contribution >= 4 is 5.97 Å². The number of esters is 1. The maximum absolute atomic E-state index is 11.0. The van der Waals surface area contributed by atoms with Crippen LogP contribution in [-0.4, -0.2) is 19.1 Å². The second-order valence-corrected chi connectivity index (χ2v) is 3.08. The molecule has 0 aliphatic rings. The average Bonchev–Trinajstić information content (AvgIpc) is 2.36. The molecule has 5 nitrogen and oxygen atoms in total. The SMILES string of the molecule is C#CC#CC.CC[C@H](C)[C@H](N=[N+]=[N-])C(=O)OC. The summed E-state index contributed by atoms with van der Waals surface area (Å²) in [6, 6.07) is -0.690. The van der Waals surface area contributed by atoms with Crippen LogP contribution in [0.1, 0.15) is 27.2 Å². The van der Waals surface area contributed by atoms with E-state index in [1.54, 1.807) is 6.92 Å². The molecule has 0 unspecified atom stereocenters. The number of hydrogen-bond donors (Lipinski definition) is 0. The highest BCUT2D eigenvalue weighted by molar-refractivity contribution is 5.76. The molecule has 5 heteroatoms. The monoisotopic (exact) mass is 235 g/mol. The van der Waals surface area contributed by atoms with Gasteiger partial charge in [-0.25, -0.2) is 0 Å². The van der Waals surface area contributed by atoms with Crippen LogP contribution in [0.4, 0.5) is 0 Å². The fraction of sp³-hybridized carbons (Fsp3) is 0.583. The Morgan fingerprint density at radius 1 is 1.65 bits per heavy atom. The van der Waals surface area contributed by atoms with E-state index in [9.17, 15) is 4.79 Å².